The topological polar surface area (TPSA) is 66.8 Å². The molecular weight excluding hydrogens is 222 g/mol. The maximum absolute atomic E-state index is 11.9. The third kappa shape index (κ3) is 4.73. The predicted octanol–water partition coefficient (Wildman–Crippen LogP) is 1.27. The van der Waals surface area contributed by atoms with Crippen LogP contribution in [-0.4, -0.2) is 47.7 Å². The second-order valence-corrected chi connectivity index (χ2v) is 4.28. The molecule has 1 aliphatic heterocycles. The number of likely N-dealkylation sites (tertiary alicyclic amines) is 1. The SMILES string of the molecule is CCOCCCC(=O)N1CCCC1CC(=O)O. The molecule has 1 saturated heterocycles. The van der Waals surface area contributed by atoms with E-state index in [0.29, 0.717) is 32.6 Å². The number of aliphatic carboxylic acids is 1. The van der Waals surface area contributed by atoms with Crippen molar-refractivity contribution in [2.24, 2.45) is 0 Å². The van der Waals surface area contributed by atoms with E-state index in [1.807, 2.05) is 6.92 Å². The minimum atomic E-state index is -0.830. The number of hydrogen-bond donors (Lipinski definition) is 1. The average molecular weight is 243 g/mol. The lowest BCUT2D eigenvalue weighted by molar-refractivity contribution is -0.140. The van der Waals surface area contributed by atoms with E-state index in [1.54, 1.807) is 4.90 Å². The lowest BCUT2D eigenvalue weighted by atomic mass is 10.1. The zero-order chi connectivity index (χ0) is 12.7. The van der Waals surface area contributed by atoms with Gasteiger partial charge in [-0.25, -0.2) is 0 Å². The molecule has 0 aromatic carbocycles. The maximum atomic E-state index is 11.9. The van der Waals surface area contributed by atoms with Gasteiger partial charge in [-0.1, -0.05) is 0 Å². The first-order valence-corrected chi connectivity index (χ1v) is 6.24. The first-order valence-electron chi connectivity index (χ1n) is 6.24. The highest BCUT2D eigenvalue weighted by molar-refractivity contribution is 5.78. The summed E-state index contributed by atoms with van der Waals surface area (Å²) in [7, 11) is 0. The van der Waals surface area contributed by atoms with Crippen LogP contribution in [0.4, 0.5) is 0 Å². The van der Waals surface area contributed by atoms with E-state index in [1.165, 1.54) is 0 Å². The van der Waals surface area contributed by atoms with Gasteiger partial charge in [0.15, 0.2) is 0 Å². The lowest BCUT2D eigenvalue weighted by Crippen LogP contribution is -2.36. The smallest absolute Gasteiger partial charge is 0.305 e. The van der Waals surface area contributed by atoms with Crippen LogP contribution >= 0.6 is 0 Å². The molecule has 0 saturated carbocycles. The fourth-order valence-electron chi connectivity index (χ4n) is 2.19. The van der Waals surface area contributed by atoms with Crippen LogP contribution in [0, 0.1) is 0 Å². The zero-order valence-electron chi connectivity index (χ0n) is 10.4. The van der Waals surface area contributed by atoms with E-state index in [9.17, 15) is 9.59 Å². The summed E-state index contributed by atoms with van der Waals surface area (Å²) in [5, 5.41) is 8.76. The third-order valence-electron chi connectivity index (χ3n) is 2.99. The van der Waals surface area contributed by atoms with Crippen LogP contribution in [0.25, 0.3) is 0 Å². The predicted molar refractivity (Wildman–Crippen MR) is 62.7 cm³/mol. The lowest BCUT2D eigenvalue weighted by Gasteiger charge is -2.23. The Labute approximate surface area is 102 Å². The zero-order valence-corrected chi connectivity index (χ0v) is 10.4. The molecule has 1 heterocycles. The van der Waals surface area contributed by atoms with Gasteiger partial charge in [0.2, 0.25) is 5.91 Å². The molecule has 0 spiro atoms. The van der Waals surface area contributed by atoms with Crippen molar-refractivity contribution in [3.8, 4) is 0 Å². The Morgan fingerprint density at radius 2 is 2.24 bits per heavy atom. The molecule has 98 valence electrons. The number of ether oxygens (including phenoxy) is 1. The van der Waals surface area contributed by atoms with Crippen molar-refractivity contribution in [2.45, 2.75) is 45.1 Å². The molecule has 1 aliphatic rings. The summed E-state index contributed by atoms with van der Waals surface area (Å²) in [6.07, 6.45) is 2.95. The van der Waals surface area contributed by atoms with Gasteiger partial charge < -0.3 is 14.7 Å². The largest absolute Gasteiger partial charge is 0.481 e. The fourth-order valence-corrected chi connectivity index (χ4v) is 2.19. The number of carboxylic acid groups (broad SMARTS) is 1. The molecule has 0 radical (unpaired) electrons. The first kappa shape index (κ1) is 14.0. The molecule has 5 heteroatoms. The molecule has 1 fully saturated rings. The molecular formula is C12H21NO4. The normalized spacial score (nSPS) is 19.6. The summed E-state index contributed by atoms with van der Waals surface area (Å²) >= 11 is 0. The number of nitrogens with zero attached hydrogens (tertiary/aromatic N) is 1. The highest BCUT2D eigenvalue weighted by atomic mass is 16.5. The Kier molecular flexibility index (Phi) is 5.97. The number of rotatable bonds is 7. The Bertz CT molecular complexity index is 267. The summed E-state index contributed by atoms with van der Waals surface area (Å²) in [6.45, 7) is 3.88. The van der Waals surface area contributed by atoms with Gasteiger partial charge in [-0.05, 0) is 26.2 Å². The monoisotopic (exact) mass is 243 g/mol. The van der Waals surface area contributed by atoms with Crippen LogP contribution < -0.4 is 0 Å². The molecule has 1 amide bonds. The van der Waals surface area contributed by atoms with Gasteiger partial charge in [-0.15, -0.1) is 0 Å². The third-order valence-corrected chi connectivity index (χ3v) is 2.99. The first-order chi connectivity index (χ1) is 8.15. The van der Waals surface area contributed by atoms with E-state index in [4.69, 9.17) is 9.84 Å². The molecule has 17 heavy (non-hydrogen) atoms. The summed E-state index contributed by atoms with van der Waals surface area (Å²) < 4.78 is 5.17. The molecule has 0 aromatic heterocycles. The van der Waals surface area contributed by atoms with Gasteiger partial charge in [-0.2, -0.15) is 0 Å². The minimum Gasteiger partial charge on any atom is -0.481 e. The summed E-state index contributed by atoms with van der Waals surface area (Å²) in [5.41, 5.74) is 0. The van der Waals surface area contributed by atoms with Gasteiger partial charge in [0.25, 0.3) is 0 Å². The van der Waals surface area contributed by atoms with Crippen molar-refractivity contribution in [1.82, 2.24) is 4.90 Å². The van der Waals surface area contributed by atoms with Crippen molar-refractivity contribution in [1.29, 1.82) is 0 Å². The number of hydrogen-bond acceptors (Lipinski definition) is 3. The quantitative estimate of drug-likeness (QED) is 0.684. The van der Waals surface area contributed by atoms with E-state index in [2.05, 4.69) is 0 Å². The van der Waals surface area contributed by atoms with Gasteiger partial charge in [-0.3, -0.25) is 9.59 Å². The molecule has 1 unspecified atom stereocenters. The molecule has 1 N–H and O–H groups in total. The summed E-state index contributed by atoms with van der Waals surface area (Å²) in [4.78, 5) is 24.3. The Morgan fingerprint density at radius 1 is 1.47 bits per heavy atom. The van der Waals surface area contributed by atoms with Crippen molar-refractivity contribution in [3.63, 3.8) is 0 Å². The van der Waals surface area contributed by atoms with Crippen LogP contribution in [0.2, 0.25) is 0 Å². The maximum Gasteiger partial charge on any atom is 0.305 e. The van der Waals surface area contributed by atoms with Gasteiger partial charge >= 0.3 is 5.97 Å². The minimum absolute atomic E-state index is 0.0634. The summed E-state index contributed by atoms with van der Waals surface area (Å²) in [6, 6.07) is -0.105. The van der Waals surface area contributed by atoms with E-state index in [-0.39, 0.29) is 18.4 Å². The van der Waals surface area contributed by atoms with Crippen molar-refractivity contribution in [3.05, 3.63) is 0 Å². The number of carboxylic acids is 1. The molecule has 5 nitrogen and oxygen atoms in total. The van der Waals surface area contributed by atoms with E-state index < -0.39 is 5.97 Å². The molecule has 1 atom stereocenters. The average Bonchev–Trinajstić information content (AvgIpc) is 2.71. The molecule has 0 aromatic rings. The molecule has 0 bridgehead atoms. The van der Waals surface area contributed by atoms with Crippen LogP contribution in [-0.2, 0) is 14.3 Å². The standard InChI is InChI=1S/C12H21NO4/c1-2-17-8-4-6-11(14)13-7-3-5-10(13)9-12(15)16/h10H,2-9H2,1H3,(H,15,16). The van der Waals surface area contributed by atoms with Crippen LogP contribution in [0.3, 0.4) is 0 Å². The number of amides is 1. The fraction of sp³-hybridized carbons (Fsp3) is 0.833. The van der Waals surface area contributed by atoms with Crippen LogP contribution in [0.1, 0.15) is 39.0 Å². The molecule has 1 rings (SSSR count). The van der Waals surface area contributed by atoms with Crippen LogP contribution in [0.15, 0.2) is 0 Å². The highest BCUT2D eigenvalue weighted by Gasteiger charge is 2.29. The Balaban J connectivity index is 2.31. The Morgan fingerprint density at radius 3 is 2.88 bits per heavy atom. The van der Waals surface area contributed by atoms with Gasteiger partial charge in [0, 0.05) is 32.2 Å². The highest BCUT2D eigenvalue weighted by Crippen LogP contribution is 2.21. The van der Waals surface area contributed by atoms with Crippen LogP contribution in [0.5, 0.6) is 0 Å². The van der Waals surface area contributed by atoms with Crippen molar-refractivity contribution >= 4 is 11.9 Å². The van der Waals surface area contributed by atoms with Gasteiger partial charge in [0.05, 0.1) is 6.42 Å². The second kappa shape index (κ2) is 7.27. The van der Waals surface area contributed by atoms with Gasteiger partial charge in [0.1, 0.15) is 0 Å². The van der Waals surface area contributed by atoms with E-state index in [0.717, 1.165) is 12.8 Å². The Hall–Kier alpha value is -1.10. The van der Waals surface area contributed by atoms with Crippen molar-refractivity contribution in [2.75, 3.05) is 19.8 Å². The number of carbonyl (C=O) groups is 2. The molecule has 0 aliphatic carbocycles. The summed E-state index contributed by atoms with van der Waals surface area (Å²) in [5.74, 6) is -0.766. The second-order valence-electron chi connectivity index (χ2n) is 4.28. The van der Waals surface area contributed by atoms with Crippen molar-refractivity contribution < 1.29 is 19.4 Å². The van der Waals surface area contributed by atoms with E-state index >= 15 is 0 Å². The number of carbonyl (C=O) groups excluding carboxylic acids is 1.